The maximum absolute atomic E-state index is 15.3. The average Bonchev–Trinajstić information content (AvgIpc) is 3.37. The van der Waals surface area contributed by atoms with Gasteiger partial charge in [0.1, 0.15) is 12.4 Å². The molecule has 46 heavy (non-hydrogen) atoms. The smallest absolute Gasteiger partial charge is 0.329 e. The number of hydrogen-bond donors (Lipinski definition) is 0. The molecule has 3 aromatic rings. The number of amides is 1. The van der Waals surface area contributed by atoms with Crippen molar-refractivity contribution >= 4 is 43.2 Å². The zero-order valence-corrected chi connectivity index (χ0v) is 28.2. The predicted octanol–water partition coefficient (Wildman–Crippen LogP) is 5.43. The number of carbonyl (C=O) groups excluding carboxylic acids is 3. The lowest BCUT2D eigenvalue weighted by Gasteiger charge is -2.39. The number of ether oxygens (including phenoxy) is 1. The topological polar surface area (TPSA) is 129 Å². The van der Waals surface area contributed by atoms with Crippen LogP contribution in [0.3, 0.4) is 0 Å². The first-order chi connectivity index (χ1) is 21.7. The number of hydrogen-bond acceptors (Lipinski definition) is 9. The third-order valence-electron chi connectivity index (χ3n) is 9.63. The van der Waals surface area contributed by atoms with Gasteiger partial charge in [0.2, 0.25) is 5.91 Å². The fourth-order valence-electron chi connectivity index (χ4n) is 6.00. The van der Waals surface area contributed by atoms with Crippen LogP contribution in [0.5, 0.6) is 0 Å². The SMILES string of the molecule is CC(C)(C)[Si](C)(C)OC1(c2cc(C(=O)COC(=O)C3CC[C@@H]4CC(c5c(-n6cnnn6)ccc(Cl)c5F)=CC(=O)N34)ccn2)CC1. The Balaban J connectivity index is 1.13. The fraction of sp³-hybridized carbons (Fsp3) is 0.469. The summed E-state index contributed by atoms with van der Waals surface area (Å²) >= 11 is 6.10. The van der Waals surface area contributed by atoms with E-state index in [0.29, 0.717) is 41.8 Å². The lowest BCUT2D eigenvalue weighted by atomic mass is 9.92. The highest BCUT2D eigenvalue weighted by atomic mass is 35.5. The number of pyridine rings is 1. The highest BCUT2D eigenvalue weighted by molar-refractivity contribution is 6.74. The van der Waals surface area contributed by atoms with Gasteiger partial charge in [-0.3, -0.25) is 14.6 Å². The second kappa shape index (κ2) is 11.8. The van der Waals surface area contributed by atoms with Gasteiger partial charge in [0, 0.05) is 29.4 Å². The molecule has 3 aliphatic rings. The zero-order valence-electron chi connectivity index (χ0n) is 26.4. The molecule has 0 N–H and O–H groups in total. The van der Waals surface area contributed by atoms with E-state index in [4.69, 9.17) is 20.8 Å². The molecule has 2 fully saturated rings. The summed E-state index contributed by atoms with van der Waals surface area (Å²) in [5.74, 6) is -2.16. The molecule has 14 heteroatoms. The summed E-state index contributed by atoms with van der Waals surface area (Å²) in [4.78, 5) is 45.8. The number of esters is 1. The van der Waals surface area contributed by atoms with Crippen LogP contribution in [-0.4, -0.2) is 74.8 Å². The minimum atomic E-state index is -2.08. The van der Waals surface area contributed by atoms with Gasteiger partial charge in [-0.25, -0.2) is 9.18 Å². The molecule has 2 atom stereocenters. The van der Waals surface area contributed by atoms with Gasteiger partial charge in [0.15, 0.2) is 26.5 Å². The van der Waals surface area contributed by atoms with Crippen LogP contribution in [0.2, 0.25) is 23.2 Å². The third kappa shape index (κ3) is 5.91. The number of fused-ring (bicyclic) bond motifs is 1. The molecule has 6 rings (SSSR count). The van der Waals surface area contributed by atoms with Crippen LogP contribution in [0.25, 0.3) is 11.3 Å². The predicted molar refractivity (Wildman–Crippen MR) is 169 cm³/mol. The Morgan fingerprint density at radius 3 is 2.61 bits per heavy atom. The first-order valence-corrected chi connectivity index (χ1v) is 18.6. The van der Waals surface area contributed by atoms with Crippen molar-refractivity contribution in [1.29, 1.82) is 0 Å². The summed E-state index contributed by atoms with van der Waals surface area (Å²) in [6, 6.07) is 5.11. The number of rotatable bonds is 9. The molecule has 1 amide bonds. The summed E-state index contributed by atoms with van der Waals surface area (Å²) in [6.45, 7) is 10.5. The minimum absolute atomic E-state index is 0.0284. The Kier molecular flexibility index (Phi) is 8.22. The number of aromatic nitrogens is 5. The summed E-state index contributed by atoms with van der Waals surface area (Å²) in [5.41, 5.74) is 1.51. The second-order valence-corrected chi connectivity index (χ2v) is 18.8. The average molecular weight is 667 g/mol. The lowest BCUT2D eigenvalue weighted by Crippen LogP contribution is -2.47. The normalized spacial score (nSPS) is 20.7. The van der Waals surface area contributed by atoms with E-state index in [2.05, 4.69) is 54.4 Å². The monoisotopic (exact) mass is 666 g/mol. The van der Waals surface area contributed by atoms with Gasteiger partial charge in [-0.1, -0.05) is 32.4 Å². The largest absolute Gasteiger partial charge is 0.456 e. The summed E-state index contributed by atoms with van der Waals surface area (Å²) < 4.78 is 28.8. The number of Topliss-reactive ketones (excluding diaryl/α,β-unsaturated/α-hetero) is 1. The van der Waals surface area contributed by atoms with Crippen molar-refractivity contribution in [3.8, 4) is 5.69 Å². The van der Waals surface area contributed by atoms with Gasteiger partial charge in [-0.2, -0.15) is 4.68 Å². The van der Waals surface area contributed by atoms with Crippen molar-refractivity contribution in [3.05, 3.63) is 70.5 Å². The van der Waals surface area contributed by atoms with Crippen molar-refractivity contribution in [3.63, 3.8) is 0 Å². The molecule has 1 aliphatic carbocycles. The highest BCUT2D eigenvalue weighted by Crippen LogP contribution is 2.53. The molecule has 11 nitrogen and oxygen atoms in total. The number of carbonyl (C=O) groups is 3. The van der Waals surface area contributed by atoms with Crippen LogP contribution in [0.15, 0.2) is 42.9 Å². The van der Waals surface area contributed by atoms with Gasteiger partial charge in [-0.15, -0.1) is 5.10 Å². The number of nitrogens with zero attached hydrogens (tertiary/aromatic N) is 6. The molecule has 1 aromatic carbocycles. The van der Waals surface area contributed by atoms with E-state index in [-0.39, 0.29) is 27.4 Å². The van der Waals surface area contributed by atoms with Crippen molar-refractivity contribution in [2.24, 2.45) is 0 Å². The Morgan fingerprint density at radius 2 is 1.93 bits per heavy atom. The number of ketones is 1. The molecule has 2 aliphatic heterocycles. The van der Waals surface area contributed by atoms with E-state index in [1.165, 1.54) is 28.1 Å². The van der Waals surface area contributed by atoms with E-state index in [9.17, 15) is 14.4 Å². The zero-order chi connectivity index (χ0) is 33.0. The maximum Gasteiger partial charge on any atom is 0.329 e. The van der Waals surface area contributed by atoms with E-state index in [1.807, 2.05) is 0 Å². The van der Waals surface area contributed by atoms with Gasteiger partial charge in [-0.05, 0) is 90.5 Å². The van der Waals surface area contributed by atoms with Gasteiger partial charge in [0.05, 0.1) is 22.0 Å². The lowest BCUT2D eigenvalue weighted by molar-refractivity contribution is -0.152. The number of tetrazole rings is 1. The van der Waals surface area contributed by atoms with Gasteiger partial charge in [0.25, 0.3) is 0 Å². The van der Waals surface area contributed by atoms with Crippen LogP contribution in [0.4, 0.5) is 4.39 Å². The van der Waals surface area contributed by atoms with Crippen molar-refractivity contribution in [2.45, 2.75) is 88.7 Å². The first-order valence-electron chi connectivity index (χ1n) is 15.3. The Bertz CT molecular complexity index is 1740. The Labute approximate surface area is 272 Å². The van der Waals surface area contributed by atoms with Crippen LogP contribution in [0, 0.1) is 5.82 Å². The fourth-order valence-corrected chi connectivity index (χ4v) is 7.75. The summed E-state index contributed by atoms with van der Waals surface area (Å²) in [5, 5.41) is 11.0. The van der Waals surface area contributed by atoms with E-state index >= 15 is 4.39 Å². The molecular weight excluding hydrogens is 631 g/mol. The van der Waals surface area contributed by atoms with Crippen molar-refractivity contribution in [1.82, 2.24) is 30.1 Å². The Morgan fingerprint density at radius 1 is 1.17 bits per heavy atom. The molecule has 242 valence electrons. The number of halogens is 2. The summed E-state index contributed by atoms with van der Waals surface area (Å²) in [7, 11) is -2.08. The third-order valence-corrected chi connectivity index (χ3v) is 14.4. The van der Waals surface area contributed by atoms with Crippen LogP contribution >= 0.6 is 11.6 Å². The Hall–Kier alpha value is -3.81. The number of benzene rings is 1. The van der Waals surface area contributed by atoms with E-state index in [0.717, 1.165) is 12.8 Å². The van der Waals surface area contributed by atoms with Crippen molar-refractivity contribution < 1.29 is 27.9 Å². The molecule has 1 saturated carbocycles. The van der Waals surface area contributed by atoms with Crippen molar-refractivity contribution in [2.75, 3.05) is 6.61 Å². The molecule has 2 aromatic heterocycles. The minimum Gasteiger partial charge on any atom is -0.456 e. The second-order valence-electron chi connectivity index (χ2n) is 13.7. The van der Waals surface area contributed by atoms with E-state index < -0.39 is 44.3 Å². The maximum atomic E-state index is 15.3. The van der Waals surface area contributed by atoms with Gasteiger partial charge >= 0.3 is 5.97 Å². The highest BCUT2D eigenvalue weighted by Gasteiger charge is 2.53. The standard InChI is InChI=1S/C32H36ClFN6O5Si/c1-31(2,3)46(4,5)45-32(11-12-32)26-15-19(10-13-35-26)25(41)17-44-30(43)24-8-6-21-14-20(16-27(42)40(21)24)28-23(39-18-36-37-38-39)9-7-22(33)29(28)34/h7,9-10,13,15-16,18,21,24H,6,8,11-12,14,17H2,1-5H3/t21-,24?/m1/s1. The van der Waals surface area contributed by atoms with Crippen LogP contribution in [0.1, 0.15) is 74.5 Å². The van der Waals surface area contributed by atoms with Gasteiger partial charge < -0.3 is 14.1 Å². The molecule has 0 spiro atoms. The quantitative estimate of drug-likeness (QED) is 0.167. The van der Waals surface area contributed by atoms with Crippen LogP contribution in [-0.2, 0) is 24.4 Å². The molecule has 1 saturated heterocycles. The molecule has 0 bridgehead atoms. The molecular formula is C32H36ClFN6O5Si. The first kappa shape index (κ1) is 32.1. The summed E-state index contributed by atoms with van der Waals surface area (Å²) in [6.07, 6.45) is 7.05. The molecule has 0 radical (unpaired) electrons. The van der Waals surface area contributed by atoms with E-state index in [1.54, 1.807) is 24.4 Å². The van der Waals surface area contributed by atoms with Crippen LogP contribution < -0.4 is 0 Å². The molecule has 4 heterocycles. The molecule has 1 unspecified atom stereocenters.